The molecule has 0 spiro atoms. The second kappa shape index (κ2) is 5.89. The van der Waals surface area contributed by atoms with Crippen LogP contribution < -0.4 is 0 Å². The van der Waals surface area contributed by atoms with E-state index in [-0.39, 0.29) is 24.0 Å². The maximum Gasteiger partial charge on any atom is 0.374 e. The molecular weight excluding hydrogens is 215 g/mol. The molecular formula is C8H10Cl2O3. The zero-order valence-electron chi connectivity index (χ0n) is 7.08. The second-order valence-corrected chi connectivity index (χ2v) is 2.39. The van der Waals surface area contributed by atoms with Gasteiger partial charge in [0.25, 0.3) is 0 Å². The van der Waals surface area contributed by atoms with Crippen molar-refractivity contribution in [1.82, 2.24) is 0 Å². The number of ether oxygens (including phenoxy) is 1. The van der Waals surface area contributed by atoms with Gasteiger partial charge in [-0.05, 0) is 19.1 Å². The molecule has 0 N–H and O–H groups in total. The summed E-state index contributed by atoms with van der Waals surface area (Å²) in [6, 6.07) is 3.20. The fourth-order valence-corrected chi connectivity index (χ4v) is 0.905. The van der Waals surface area contributed by atoms with Gasteiger partial charge in [0.2, 0.25) is 5.76 Å². The number of halogens is 2. The lowest BCUT2D eigenvalue weighted by Crippen LogP contribution is -2.02. The SMILES string of the molecule is CCOC(=O)c1ccc(CCl)o1.Cl. The molecule has 0 fully saturated rings. The third-order valence-electron chi connectivity index (χ3n) is 1.27. The van der Waals surface area contributed by atoms with E-state index in [4.69, 9.17) is 20.8 Å². The second-order valence-electron chi connectivity index (χ2n) is 2.12. The fraction of sp³-hybridized carbons (Fsp3) is 0.375. The number of hydrogen-bond acceptors (Lipinski definition) is 3. The molecule has 0 aliphatic heterocycles. The first-order valence-corrected chi connectivity index (χ1v) is 4.13. The summed E-state index contributed by atoms with van der Waals surface area (Å²) >= 11 is 5.48. The van der Waals surface area contributed by atoms with Crippen LogP contribution in [0.25, 0.3) is 0 Å². The summed E-state index contributed by atoms with van der Waals surface area (Å²) in [5.74, 6) is 0.584. The van der Waals surface area contributed by atoms with Crippen LogP contribution in [0.2, 0.25) is 0 Å². The molecule has 0 aliphatic carbocycles. The van der Waals surface area contributed by atoms with E-state index in [0.717, 1.165) is 0 Å². The van der Waals surface area contributed by atoms with Gasteiger partial charge in [0.1, 0.15) is 5.76 Å². The molecule has 1 aromatic rings. The van der Waals surface area contributed by atoms with Crippen molar-refractivity contribution >= 4 is 30.0 Å². The first kappa shape index (κ1) is 12.3. The molecule has 1 heterocycles. The van der Waals surface area contributed by atoms with E-state index in [9.17, 15) is 4.79 Å². The van der Waals surface area contributed by atoms with Crippen molar-refractivity contribution in [2.45, 2.75) is 12.8 Å². The van der Waals surface area contributed by atoms with E-state index >= 15 is 0 Å². The predicted octanol–water partition coefficient (Wildman–Crippen LogP) is 2.62. The normalized spacial score (nSPS) is 9.08. The average molecular weight is 225 g/mol. The number of rotatable bonds is 3. The maximum absolute atomic E-state index is 11.0. The number of esters is 1. The Kier molecular flexibility index (Phi) is 5.58. The van der Waals surface area contributed by atoms with Crippen molar-refractivity contribution in [3.8, 4) is 0 Å². The third-order valence-corrected chi connectivity index (χ3v) is 1.53. The van der Waals surface area contributed by atoms with Crippen LogP contribution in [0.3, 0.4) is 0 Å². The molecule has 0 aliphatic rings. The molecule has 74 valence electrons. The molecule has 0 radical (unpaired) electrons. The smallest absolute Gasteiger partial charge is 0.374 e. The average Bonchev–Trinajstić information content (AvgIpc) is 2.52. The van der Waals surface area contributed by atoms with Crippen molar-refractivity contribution in [3.05, 3.63) is 23.7 Å². The molecule has 3 nitrogen and oxygen atoms in total. The van der Waals surface area contributed by atoms with Crippen molar-refractivity contribution in [1.29, 1.82) is 0 Å². The highest BCUT2D eigenvalue weighted by molar-refractivity contribution is 6.16. The molecule has 5 heteroatoms. The highest BCUT2D eigenvalue weighted by atomic mass is 35.5. The summed E-state index contributed by atoms with van der Waals surface area (Å²) in [4.78, 5) is 11.0. The van der Waals surface area contributed by atoms with Gasteiger partial charge in [-0.25, -0.2) is 4.79 Å². The van der Waals surface area contributed by atoms with E-state index < -0.39 is 5.97 Å². The van der Waals surface area contributed by atoms with Crippen LogP contribution in [0, 0.1) is 0 Å². The van der Waals surface area contributed by atoms with E-state index in [2.05, 4.69) is 0 Å². The van der Waals surface area contributed by atoms with Gasteiger partial charge < -0.3 is 9.15 Å². The maximum atomic E-state index is 11.0. The summed E-state index contributed by atoms with van der Waals surface area (Å²) < 4.78 is 9.75. The lowest BCUT2D eigenvalue weighted by atomic mass is 10.4. The Morgan fingerprint density at radius 3 is 2.77 bits per heavy atom. The monoisotopic (exact) mass is 224 g/mol. The van der Waals surface area contributed by atoms with Crippen LogP contribution in [0.1, 0.15) is 23.2 Å². The Bertz CT molecular complexity index is 270. The van der Waals surface area contributed by atoms with Gasteiger partial charge in [-0.2, -0.15) is 0 Å². The molecule has 0 saturated heterocycles. The first-order chi connectivity index (χ1) is 5.77. The minimum atomic E-state index is -0.450. The molecule has 0 unspecified atom stereocenters. The number of carbonyl (C=O) groups is 1. The Labute approximate surface area is 87.4 Å². The Morgan fingerprint density at radius 1 is 1.62 bits per heavy atom. The van der Waals surface area contributed by atoms with Crippen molar-refractivity contribution < 1.29 is 13.9 Å². The van der Waals surface area contributed by atoms with E-state index in [0.29, 0.717) is 12.4 Å². The highest BCUT2D eigenvalue weighted by Crippen LogP contribution is 2.10. The minimum absolute atomic E-state index is 0. The number of carbonyl (C=O) groups excluding carboxylic acids is 1. The van der Waals surface area contributed by atoms with Crippen LogP contribution >= 0.6 is 24.0 Å². The summed E-state index contributed by atoms with van der Waals surface area (Å²) in [6.45, 7) is 2.08. The molecule has 1 aromatic heterocycles. The van der Waals surface area contributed by atoms with E-state index in [1.807, 2.05) is 0 Å². The van der Waals surface area contributed by atoms with Crippen LogP contribution in [0.5, 0.6) is 0 Å². The fourth-order valence-electron chi connectivity index (χ4n) is 0.762. The van der Waals surface area contributed by atoms with Gasteiger partial charge in [0.15, 0.2) is 0 Å². The number of hydrogen-bond donors (Lipinski definition) is 0. The van der Waals surface area contributed by atoms with Gasteiger partial charge in [0.05, 0.1) is 12.5 Å². The summed E-state index contributed by atoms with van der Waals surface area (Å²) in [7, 11) is 0. The first-order valence-electron chi connectivity index (χ1n) is 3.59. The topological polar surface area (TPSA) is 39.4 Å². The van der Waals surface area contributed by atoms with Crippen LogP contribution in [-0.2, 0) is 10.6 Å². The lowest BCUT2D eigenvalue weighted by Gasteiger charge is -1.96. The van der Waals surface area contributed by atoms with Crippen molar-refractivity contribution in [2.75, 3.05) is 6.61 Å². The molecule has 0 saturated carbocycles. The highest BCUT2D eigenvalue weighted by Gasteiger charge is 2.10. The number of furan rings is 1. The van der Waals surface area contributed by atoms with Crippen LogP contribution in [-0.4, -0.2) is 12.6 Å². The van der Waals surface area contributed by atoms with Gasteiger partial charge in [-0.3, -0.25) is 0 Å². The zero-order valence-corrected chi connectivity index (χ0v) is 8.65. The minimum Gasteiger partial charge on any atom is -0.460 e. The molecule has 13 heavy (non-hydrogen) atoms. The molecule has 0 amide bonds. The van der Waals surface area contributed by atoms with E-state index in [1.165, 1.54) is 0 Å². The Balaban J connectivity index is 0.00000144. The summed E-state index contributed by atoms with van der Waals surface area (Å²) in [5, 5.41) is 0. The standard InChI is InChI=1S/C8H9ClO3.ClH/c1-2-11-8(10)7-4-3-6(5-9)12-7;/h3-4H,2,5H2,1H3;1H. The van der Waals surface area contributed by atoms with Crippen LogP contribution in [0.4, 0.5) is 0 Å². The zero-order chi connectivity index (χ0) is 8.97. The lowest BCUT2D eigenvalue weighted by molar-refractivity contribution is 0.0488. The van der Waals surface area contributed by atoms with Gasteiger partial charge in [0, 0.05) is 0 Å². The quantitative estimate of drug-likeness (QED) is 0.586. The molecule has 0 aromatic carbocycles. The summed E-state index contributed by atoms with van der Waals surface area (Å²) in [5.41, 5.74) is 0. The number of alkyl halides is 1. The van der Waals surface area contributed by atoms with Crippen molar-refractivity contribution in [3.63, 3.8) is 0 Å². The molecule has 1 rings (SSSR count). The van der Waals surface area contributed by atoms with Crippen LogP contribution in [0.15, 0.2) is 16.5 Å². The Morgan fingerprint density at radius 2 is 2.31 bits per heavy atom. The third kappa shape index (κ3) is 3.28. The molecule has 0 bridgehead atoms. The van der Waals surface area contributed by atoms with E-state index in [1.54, 1.807) is 19.1 Å². The van der Waals surface area contributed by atoms with Crippen molar-refractivity contribution in [2.24, 2.45) is 0 Å². The summed E-state index contributed by atoms with van der Waals surface area (Å²) in [6.07, 6.45) is 0. The Hall–Kier alpha value is -0.670. The largest absolute Gasteiger partial charge is 0.460 e. The van der Waals surface area contributed by atoms with Gasteiger partial charge in [-0.1, -0.05) is 0 Å². The van der Waals surface area contributed by atoms with Gasteiger partial charge in [-0.15, -0.1) is 24.0 Å². The molecule has 0 atom stereocenters. The predicted molar refractivity (Wildman–Crippen MR) is 51.5 cm³/mol. The van der Waals surface area contributed by atoms with Gasteiger partial charge >= 0.3 is 5.97 Å².